The van der Waals surface area contributed by atoms with Gasteiger partial charge >= 0.3 is 6.01 Å². The van der Waals surface area contributed by atoms with Crippen LogP contribution in [0, 0.1) is 0 Å². The Morgan fingerprint density at radius 1 is 0.946 bits per heavy atom. The highest BCUT2D eigenvalue weighted by Gasteiger charge is 2.20. The molecule has 3 aromatic rings. The molecule has 200 valence electrons. The highest BCUT2D eigenvalue weighted by atomic mass is 32.2. The summed E-state index contributed by atoms with van der Waals surface area (Å²) in [4.78, 5) is 12.5. The summed E-state index contributed by atoms with van der Waals surface area (Å²) in [5, 5.41) is 10.4. The number of amides is 1. The van der Waals surface area contributed by atoms with Crippen molar-refractivity contribution in [1.82, 2.24) is 10.2 Å². The van der Waals surface area contributed by atoms with E-state index in [-0.39, 0.29) is 35.4 Å². The molecule has 12 heteroatoms. The molecule has 1 N–H and O–H groups in total. The zero-order valence-electron chi connectivity index (χ0n) is 21.3. The highest BCUT2D eigenvalue weighted by molar-refractivity contribution is 7.91. The first-order valence-corrected chi connectivity index (χ1v) is 13.5. The number of benzene rings is 2. The minimum absolute atomic E-state index is 0.0425. The van der Waals surface area contributed by atoms with Crippen LogP contribution in [0.4, 0.5) is 6.01 Å². The maximum atomic E-state index is 12.5. The first-order chi connectivity index (χ1) is 17.8. The fraction of sp³-hybridized carbons (Fsp3) is 0.400. The van der Waals surface area contributed by atoms with Crippen molar-refractivity contribution in [3.63, 3.8) is 0 Å². The highest BCUT2D eigenvalue weighted by Crippen LogP contribution is 2.41. The fourth-order valence-electron chi connectivity index (χ4n) is 3.41. The average Bonchev–Trinajstić information content (AvgIpc) is 3.34. The molecule has 0 aliphatic carbocycles. The van der Waals surface area contributed by atoms with Crippen molar-refractivity contribution in [2.45, 2.75) is 38.5 Å². The molecule has 0 bridgehead atoms. The van der Waals surface area contributed by atoms with Crippen LogP contribution < -0.4 is 24.3 Å². The second-order valence-corrected chi connectivity index (χ2v) is 9.77. The van der Waals surface area contributed by atoms with Crippen LogP contribution in [0.5, 0.6) is 23.0 Å². The van der Waals surface area contributed by atoms with E-state index in [0.717, 1.165) is 0 Å². The Kier molecular flexibility index (Phi) is 9.72. The molecule has 3 rings (SSSR count). The number of methoxy groups -OCH3 is 1. The Labute approximate surface area is 216 Å². The Morgan fingerprint density at radius 2 is 1.57 bits per heavy atom. The SMILES string of the molecule is CCOc1cc(-c2nnc(NC(=O)CCCS(=O)(=O)c3ccc(OC)cc3)o2)cc(OCC)c1OCC. The second-order valence-electron chi connectivity index (χ2n) is 7.66. The maximum absolute atomic E-state index is 12.5. The van der Waals surface area contributed by atoms with Gasteiger partial charge in [-0.3, -0.25) is 10.1 Å². The van der Waals surface area contributed by atoms with E-state index in [4.69, 9.17) is 23.4 Å². The molecule has 0 atom stereocenters. The largest absolute Gasteiger partial charge is 0.497 e. The van der Waals surface area contributed by atoms with Gasteiger partial charge < -0.3 is 23.4 Å². The summed E-state index contributed by atoms with van der Waals surface area (Å²) >= 11 is 0. The lowest BCUT2D eigenvalue weighted by molar-refractivity contribution is -0.116. The smallest absolute Gasteiger partial charge is 0.322 e. The molecule has 2 aromatic carbocycles. The third kappa shape index (κ3) is 7.35. The van der Waals surface area contributed by atoms with E-state index in [1.54, 1.807) is 24.3 Å². The van der Waals surface area contributed by atoms with Crippen LogP contribution in [0.25, 0.3) is 11.5 Å². The molecule has 1 aromatic heterocycles. The van der Waals surface area contributed by atoms with Gasteiger partial charge in [0.05, 0.1) is 37.6 Å². The third-order valence-electron chi connectivity index (χ3n) is 5.06. The van der Waals surface area contributed by atoms with Gasteiger partial charge in [0.1, 0.15) is 5.75 Å². The Bertz CT molecular complexity index is 1260. The van der Waals surface area contributed by atoms with Crippen molar-refractivity contribution >= 4 is 21.8 Å². The van der Waals surface area contributed by atoms with Crippen molar-refractivity contribution in [1.29, 1.82) is 0 Å². The molecule has 0 fully saturated rings. The molecule has 11 nitrogen and oxygen atoms in total. The van der Waals surface area contributed by atoms with E-state index in [1.165, 1.54) is 19.2 Å². The van der Waals surface area contributed by atoms with Crippen molar-refractivity contribution in [3.05, 3.63) is 36.4 Å². The van der Waals surface area contributed by atoms with Gasteiger partial charge in [-0.05, 0) is 63.6 Å². The molecule has 0 aliphatic rings. The summed E-state index contributed by atoms with van der Waals surface area (Å²) < 4.78 is 52.8. The van der Waals surface area contributed by atoms with Crippen LogP contribution in [-0.2, 0) is 14.6 Å². The molecule has 37 heavy (non-hydrogen) atoms. The molecule has 0 saturated heterocycles. The number of anilines is 1. The van der Waals surface area contributed by atoms with Gasteiger partial charge in [-0.2, -0.15) is 0 Å². The number of aromatic nitrogens is 2. The summed E-state index contributed by atoms with van der Waals surface area (Å²) in [5.74, 6) is 1.48. The Morgan fingerprint density at radius 3 is 2.14 bits per heavy atom. The van der Waals surface area contributed by atoms with Crippen molar-refractivity contribution in [3.8, 4) is 34.5 Å². The molecule has 0 unspecified atom stereocenters. The average molecular weight is 534 g/mol. The van der Waals surface area contributed by atoms with Crippen LogP contribution in [0.2, 0.25) is 0 Å². The number of nitrogens with one attached hydrogen (secondary N) is 1. The van der Waals surface area contributed by atoms with Gasteiger partial charge in [0, 0.05) is 12.0 Å². The normalized spacial score (nSPS) is 11.1. The molecular weight excluding hydrogens is 502 g/mol. The van der Waals surface area contributed by atoms with E-state index in [1.807, 2.05) is 20.8 Å². The van der Waals surface area contributed by atoms with Crippen LogP contribution in [0.3, 0.4) is 0 Å². The molecule has 0 saturated carbocycles. The maximum Gasteiger partial charge on any atom is 0.322 e. The van der Waals surface area contributed by atoms with E-state index in [9.17, 15) is 13.2 Å². The number of carbonyl (C=O) groups excluding carboxylic acids is 1. The van der Waals surface area contributed by atoms with Crippen LogP contribution in [-0.4, -0.2) is 57.2 Å². The first-order valence-electron chi connectivity index (χ1n) is 11.9. The summed E-state index contributed by atoms with van der Waals surface area (Å²) in [7, 11) is -2.03. The van der Waals surface area contributed by atoms with Gasteiger partial charge in [0.15, 0.2) is 21.3 Å². The number of hydrogen-bond donors (Lipinski definition) is 1. The Balaban J connectivity index is 1.64. The molecule has 0 spiro atoms. The van der Waals surface area contributed by atoms with E-state index in [2.05, 4.69) is 15.5 Å². The van der Waals surface area contributed by atoms with E-state index < -0.39 is 15.7 Å². The number of nitrogens with zero attached hydrogens (tertiary/aromatic N) is 2. The minimum atomic E-state index is -3.53. The van der Waals surface area contributed by atoms with Gasteiger partial charge in [-0.15, -0.1) is 5.10 Å². The third-order valence-corrected chi connectivity index (χ3v) is 6.88. The lowest BCUT2D eigenvalue weighted by Crippen LogP contribution is -2.14. The molecule has 1 amide bonds. The fourth-order valence-corrected chi connectivity index (χ4v) is 4.72. The molecular formula is C25H31N3O8S. The van der Waals surface area contributed by atoms with E-state index >= 15 is 0 Å². The standard InChI is InChI=1S/C25H31N3O8S/c1-5-33-20-15-17(16-21(34-6-2)23(20)35-7-3)24-27-28-25(36-24)26-22(29)9-8-14-37(30,31)19-12-10-18(32-4)11-13-19/h10-13,15-16H,5-9,14H2,1-4H3,(H,26,28,29). The number of ether oxygens (including phenoxy) is 4. The first kappa shape index (κ1) is 27.8. The van der Waals surface area contributed by atoms with Crippen LogP contribution in [0.1, 0.15) is 33.6 Å². The molecule has 0 radical (unpaired) electrons. The van der Waals surface area contributed by atoms with Crippen molar-refractivity contribution in [2.75, 3.05) is 38.0 Å². The van der Waals surface area contributed by atoms with Crippen molar-refractivity contribution < 1.29 is 36.6 Å². The molecule has 1 heterocycles. The number of carbonyl (C=O) groups is 1. The zero-order valence-corrected chi connectivity index (χ0v) is 22.1. The van der Waals surface area contributed by atoms with Gasteiger partial charge in [-0.25, -0.2) is 8.42 Å². The summed E-state index contributed by atoms with van der Waals surface area (Å²) in [6.45, 7) is 6.82. The quantitative estimate of drug-likeness (QED) is 0.322. The number of hydrogen-bond acceptors (Lipinski definition) is 10. The summed E-state index contributed by atoms with van der Waals surface area (Å²) in [5.41, 5.74) is 0.522. The monoisotopic (exact) mass is 533 g/mol. The van der Waals surface area contributed by atoms with Gasteiger partial charge in [-0.1, -0.05) is 5.10 Å². The number of sulfone groups is 1. The predicted molar refractivity (Wildman–Crippen MR) is 136 cm³/mol. The van der Waals surface area contributed by atoms with Gasteiger partial charge in [0.25, 0.3) is 0 Å². The lowest BCUT2D eigenvalue weighted by Gasteiger charge is -2.16. The second kappa shape index (κ2) is 12.9. The van der Waals surface area contributed by atoms with Crippen LogP contribution in [0.15, 0.2) is 45.7 Å². The van der Waals surface area contributed by atoms with Crippen molar-refractivity contribution in [2.24, 2.45) is 0 Å². The van der Waals surface area contributed by atoms with Crippen LogP contribution >= 0.6 is 0 Å². The predicted octanol–water partition coefficient (Wildman–Crippen LogP) is 4.13. The minimum Gasteiger partial charge on any atom is -0.497 e. The summed E-state index contributed by atoms with van der Waals surface area (Å²) in [6.07, 6.45) is 0.0780. The Hall–Kier alpha value is -3.80. The molecule has 0 aliphatic heterocycles. The number of rotatable bonds is 14. The zero-order chi connectivity index (χ0) is 26.8. The van der Waals surface area contributed by atoms with E-state index in [0.29, 0.717) is 48.4 Å². The topological polar surface area (TPSA) is 139 Å². The lowest BCUT2D eigenvalue weighted by atomic mass is 10.2. The summed E-state index contributed by atoms with van der Waals surface area (Å²) in [6, 6.07) is 9.38. The van der Waals surface area contributed by atoms with Gasteiger partial charge in [0.2, 0.25) is 17.5 Å².